The lowest BCUT2D eigenvalue weighted by Crippen LogP contribution is -2.14. The summed E-state index contributed by atoms with van der Waals surface area (Å²) in [5.74, 6) is 0.131. The topological polar surface area (TPSA) is 55.0 Å². The van der Waals surface area contributed by atoms with Crippen molar-refractivity contribution < 1.29 is 9.13 Å². The number of halogens is 2. The second-order valence-corrected chi connectivity index (χ2v) is 5.41. The third kappa shape index (κ3) is 2.75. The Morgan fingerprint density at radius 3 is 2.70 bits per heavy atom. The van der Waals surface area contributed by atoms with E-state index in [-0.39, 0.29) is 17.2 Å². The minimum absolute atomic E-state index is 0.0905. The molecule has 0 spiro atoms. The zero-order chi connectivity index (χ0) is 14.9. The number of nitrogens with zero attached hydrogens (tertiary/aromatic N) is 1. The molecular formula is C14H14BrFN2O2. The summed E-state index contributed by atoms with van der Waals surface area (Å²) >= 11 is 3.24. The van der Waals surface area contributed by atoms with E-state index in [1.807, 2.05) is 13.8 Å². The molecule has 106 valence electrons. The van der Waals surface area contributed by atoms with Gasteiger partial charge >= 0.3 is 0 Å². The highest BCUT2D eigenvalue weighted by Crippen LogP contribution is 2.26. The molecule has 2 aromatic rings. The van der Waals surface area contributed by atoms with Crippen LogP contribution in [0, 0.1) is 5.82 Å². The minimum Gasteiger partial charge on any atom is -0.494 e. The molecule has 0 bridgehead atoms. The number of hydrogen-bond donors (Lipinski definition) is 1. The van der Waals surface area contributed by atoms with E-state index in [0.29, 0.717) is 21.6 Å². The number of ether oxygens (including phenoxy) is 1. The number of aromatic amines is 1. The van der Waals surface area contributed by atoms with E-state index in [9.17, 15) is 9.18 Å². The summed E-state index contributed by atoms with van der Waals surface area (Å²) in [5, 5.41) is 0. The molecule has 1 aromatic heterocycles. The number of nitrogens with one attached hydrogen (secondary N) is 1. The molecular weight excluding hydrogens is 327 g/mol. The predicted molar refractivity (Wildman–Crippen MR) is 78.6 cm³/mol. The Morgan fingerprint density at radius 1 is 1.40 bits per heavy atom. The largest absolute Gasteiger partial charge is 0.494 e. The van der Waals surface area contributed by atoms with Gasteiger partial charge < -0.3 is 9.72 Å². The van der Waals surface area contributed by atoms with Gasteiger partial charge in [0.15, 0.2) is 11.6 Å². The van der Waals surface area contributed by atoms with Crippen molar-refractivity contribution in [3.05, 3.63) is 44.5 Å². The fraction of sp³-hybridized carbons (Fsp3) is 0.286. The van der Waals surface area contributed by atoms with Gasteiger partial charge in [0.25, 0.3) is 5.56 Å². The van der Waals surface area contributed by atoms with Crippen LogP contribution in [-0.4, -0.2) is 17.1 Å². The maximum atomic E-state index is 13.4. The highest BCUT2D eigenvalue weighted by molar-refractivity contribution is 9.10. The molecule has 0 unspecified atom stereocenters. The molecule has 0 aliphatic rings. The lowest BCUT2D eigenvalue weighted by atomic mass is 10.1. The molecule has 0 aliphatic carbocycles. The lowest BCUT2D eigenvalue weighted by molar-refractivity contribution is 0.386. The molecule has 1 N–H and O–H groups in total. The molecule has 1 heterocycles. The molecule has 6 heteroatoms. The van der Waals surface area contributed by atoms with Gasteiger partial charge in [-0.3, -0.25) is 4.79 Å². The second kappa shape index (κ2) is 5.75. The standard InChI is InChI=1S/C14H14BrFN2O2/c1-7(2)12-11(15)14(19)18-13(17-12)8-4-5-9(16)10(6-8)20-3/h4-7H,1-3H3,(H,17,18,19). The number of aromatic nitrogens is 2. The summed E-state index contributed by atoms with van der Waals surface area (Å²) in [6.07, 6.45) is 0. The zero-order valence-corrected chi connectivity index (χ0v) is 12.9. The number of hydrogen-bond acceptors (Lipinski definition) is 3. The third-order valence-electron chi connectivity index (χ3n) is 2.86. The van der Waals surface area contributed by atoms with Gasteiger partial charge in [0.1, 0.15) is 10.3 Å². The summed E-state index contributed by atoms with van der Waals surface area (Å²) in [6.45, 7) is 3.89. The molecule has 0 aliphatic heterocycles. The van der Waals surface area contributed by atoms with Crippen molar-refractivity contribution in [2.75, 3.05) is 7.11 Å². The Morgan fingerprint density at radius 2 is 2.10 bits per heavy atom. The van der Waals surface area contributed by atoms with Crippen LogP contribution in [0.25, 0.3) is 11.4 Å². The van der Waals surface area contributed by atoms with Gasteiger partial charge in [0.05, 0.1) is 12.8 Å². The van der Waals surface area contributed by atoms with Crippen LogP contribution >= 0.6 is 15.9 Å². The maximum absolute atomic E-state index is 13.4. The first kappa shape index (κ1) is 14.7. The quantitative estimate of drug-likeness (QED) is 0.930. The van der Waals surface area contributed by atoms with Gasteiger partial charge in [-0.15, -0.1) is 0 Å². The van der Waals surface area contributed by atoms with Crippen molar-refractivity contribution in [3.63, 3.8) is 0 Å². The smallest absolute Gasteiger partial charge is 0.265 e. The normalized spacial score (nSPS) is 10.9. The van der Waals surface area contributed by atoms with Crippen LogP contribution in [0.5, 0.6) is 5.75 Å². The second-order valence-electron chi connectivity index (χ2n) is 4.62. The minimum atomic E-state index is -0.459. The number of rotatable bonds is 3. The van der Waals surface area contributed by atoms with Crippen molar-refractivity contribution in [1.82, 2.24) is 9.97 Å². The molecule has 4 nitrogen and oxygen atoms in total. The summed E-state index contributed by atoms with van der Waals surface area (Å²) in [5.41, 5.74) is 0.990. The van der Waals surface area contributed by atoms with Crippen LogP contribution in [0.4, 0.5) is 4.39 Å². The first-order chi connectivity index (χ1) is 9.43. The van der Waals surface area contributed by atoms with Crippen LogP contribution in [-0.2, 0) is 0 Å². The molecule has 1 aromatic carbocycles. The molecule has 2 rings (SSSR count). The molecule has 20 heavy (non-hydrogen) atoms. The zero-order valence-electron chi connectivity index (χ0n) is 11.3. The van der Waals surface area contributed by atoms with E-state index >= 15 is 0 Å². The van der Waals surface area contributed by atoms with Gasteiger partial charge in [-0.1, -0.05) is 13.8 Å². The van der Waals surface area contributed by atoms with Gasteiger partial charge in [0.2, 0.25) is 0 Å². The number of benzene rings is 1. The van der Waals surface area contributed by atoms with E-state index in [2.05, 4.69) is 25.9 Å². The molecule has 0 amide bonds. The van der Waals surface area contributed by atoms with E-state index in [0.717, 1.165) is 0 Å². The van der Waals surface area contributed by atoms with E-state index in [1.165, 1.54) is 19.2 Å². The summed E-state index contributed by atoms with van der Waals surface area (Å²) < 4.78 is 18.8. The lowest BCUT2D eigenvalue weighted by Gasteiger charge is -2.10. The average molecular weight is 341 g/mol. The monoisotopic (exact) mass is 340 g/mol. The van der Waals surface area contributed by atoms with E-state index < -0.39 is 5.82 Å². The van der Waals surface area contributed by atoms with Crippen molar-refractivity contribution in [3.8, 4) is 17.1 Å². The van der Waals surface area contributed by atoms with Crippen molar-refractivity contribution >= 4 is 15.9 Å². The fourth-order valence-corrected chi connectivity index (χ4v) is 2.45. The first-order valence-electron chi connectivity index (χ1n) is 6.07. The predicted octanol–water partition coefficient (Wildman–Crippen LogP) is 3.47. The highest BCUT2D eigenvalue weighted by Gasteiger charge is 2.14. The first-order valence-corrected chi connectivity index (χ1v) is 6.87. The number of H-pyrrole nitrogens is 1. The van der Waals surface area contributed by atoms with Gasteiger partial charge in [-0.25, -0.2) is 9.37 Å². The summed E-state index contributed by atoms with van der Waals surface area (Å²) in [6, 6.07) is 4.34. The van der Waals surface area contributed by atoms with Crippen LogP contribution in [0.1, 0.15) is 25.5 Å². The molecule has 0 fully saturated rings. The summed E-state index contributed by atoms with van der Waals surface area (Å²) in [4.78, 5) is 19.0. The van der Waals surface area contributed by atoms with Crippen LogP contribution < -0.4 is 10.3 Å². The Balaban J connectivity index is 2.61. The Bertz CT molecular complexity index is 698. The van der Waals surface area contributed by atoms with Gasteiger partial charge in [0, 0.05) is 5.56 Å². The van der Waals surface area contributed by atoms with Crippen molar-refractivity contribution in [2.45, 2.75) is 19.8 Å². The molecule has 0 radical (unpaired) electrons. The maximum Gasteiger partial charge on any atom is 0.265 e. The van der Waals surface area contributed by atoms with Crippen molar-refractivity contribution in [2.24, 2.45) is 0 Å². The average Bonchev–Trinajstić information content (AvgIpc) is 2.42. The van der Waals surface area contributed by atoms with Crippen LogP contribution in [0.15, 0.2) is 27.5 Å². The van der Waals surface area contributed by atoms with Gasteiger partial charge in [-0.05, 0) is 40.0 Å². The van der Waals surface area contributed by atoms with E-state index in [4.69, 9.17) is 4.74 Å². The number of methoxy groups -OCH3 is 1. The summed E-state index contributed by atoms with van der Waals surface area (Å²) in [7, 11) is 1.39. The highest BCUT2D eigenvalue weighted by atomic mass is 79.9. The Kier molecular flexibility index (Phi) is 4.23. The molecule has 0 atom stereocenters. The SMILES string of the molecule is COc1cc(-c2nc(C(C)C)c(Br)c(=O)[nH]2)ccc1F. The Labute approximate surface area is 124 Å². The molecule has 0 saturated carbocycles. The fourth-order valence-electron chi connectivity index (χ4n) is 1.80. The van der Waals surface area contributed by atoms with Crippen LogP contribution in [0.2, 0.25) is 0 Å². The van der Waals surface area contributed by atoms with Crippen LogP contribution in [0.3, 0.4) is 0 Å². The van der Waals surface area contributed by atoms with Crippen molar-refractivity contribution in [1.29, 1.82) is 0 Å². The molecule has 0 saturated heterocycles. The van der Waals surface area contributed by atoms with E-state index in [1.54, 1.807) is 6.07 Å². The van der Waals surface area contributed by atoms with Gasteiger partial charge in [-0.2, -0.15) is 0 Å². The third-order valence-corrected chi connectivity index (χ3v) is 3.63. The Hall–Kier alpha value is -1.69.